The van der Waals surface area contributed by atoms with Gasteiger partial charge in [0.25, 0.3) is 0 Å². The summed E-state index contributed by atoms with van der Waals surface area (Å²) in [4.78, 5) is 23.0. The quantitative estimate of drug-likeness (QED) is 0.722. The van der Waals surface area contributed by atoms with Crippen LogP contribution in [0.3, 0.4) is 0 Å². The van der Waals surface area contributed by atoms with Crippen molar-refractivity contribution in [2.75, 3.05) is 12.3 Å². The first-order valence-corrected chi connectivity index (χ1v) is 6.39. The van der Waals surface area contributed by atoms with Crippen LogP contribution in [0.4, 0.5) is 5.69 Å². The third-order valence-electron chi connectivity index (χ3n) is 2.77. The van der Waals surface area contributed by atoms with E-state index in [2.05, 4.69) is 10.4 Å². The Morgan fingerprint density at radius 2 is 2.32 bits per heavy atom. The Bertz CT molecular complexity index is 479. The number of esters is 1. The highest BCUT2D eigenvalue weighted by atomic mass is 16.5. The number of aromatic nitrogens is 2. The summed E-state index contributed by atoms with van der Waals surface area (Å²) >= 11 is 0. The highest BCUT2D eigenvalue weighted by Crippen LogP contribution is 2.18. The summed E-state index contributed by atoms with van der Waals surface area (Å²) in [5, 5.41) is 6.92. The fraction of sp³-hybridized carbons (Fsp3) is 0.583. The van der Waals surface area contributed by atoms with Crippen LogP contribution in [0.15, 0.2) is 6.20 Å². The molecule has 0 bridgehead atoms. The van der Waals surface area contributed by atoms with Crippen molar-refractivity contribution in [3.63, 3.8) is 0 Å². The number of amides is 1. The molecule has 1 aliphatic carbocycles. The van der Waals surface area contributed by atoms with E-state index in [4.69, 9.17) is 10.5 Å². The fourth-order valence-electron chi connectivity index (χ4n) is 1.65. The Balaban J connectivity index is 1.88. The standard InChI is InChI=1S/C12H18N4O3/c1-2-19-12(18)11-9(13)7-16(15-11)6-5-10(17)14-8-3-4-8/h7-8H,2-6,13H2,1H3,(H,14,17). The van der Waals surface area contributed by atoms with E-state index in [1.54, 1.807) is 6.92 Å². The van der Waals surface area contributed by atoms with E-state index in [9.17, 15) is 9.59 Å². The average Bonchev–Trinajstić information content (AvgIpc) is 3.08. The minimum Gasteiger partial charge on any atom is -0.461 e. The van der Waals surface area contributed by atoms with Gasteiger partial charge in [-0.2, -0.15) is 5.10 Å². The molecular weight excluding hydrogens is 248 g/mol. The van der Waals surface area contributed by atoms with Crippen LogP contribution in [-0.4, -0.2) is 34.3 Å². The lowest BCUT2D eigenvalue weighted by atomic mass is 10.4. The minimum atomic E-state index is -0.541. The summed E-state index contributed by atoms with van der Waals surface area (Å²) in [5.41, 5.74) is 6.05. The third kappa shape index (κ3) is 3.70. The molecule has 7 heteroatoms. The van der Waals surface area contributed by atoms with Crippen LogP contribution in [0.2, 0.25) is 0 Å². The van der Waals surface area contributed by atoms with Gasteiger partial charge in [0.1, 0.15) is 0 Å². The Labute approximate surface area is 111 Å². The highest BCUT2D eigenvalue weighted by molar-refractivity contribution is 5.92. The number of carbonyl (C=O) groups excluding carboxylic acids is 2. The summed E-state index contributed by atoms with van der Waals surface area (Å²) in [5.74, 6) is -0.546. The number of aryl methyl sites for hydroxylation is 1. The summed E-state index contributed by atoms with van der Waals surface area (Å²) in [6, 6.07) is 0.352. The van der Waals surface area contributed by atoms with Crippen molar-refractivity contribution in [1.29, 1.82) is 0 Å². The van der Waals surface area contributed by atoms with Crippen LogP contribution in [0.1, 0.15) is 36.7 Å². The summed E-state index contributed by atoms with van der Waals surface area (Å²) in [6.07, 6.45) is 3.98. The Kier molecular flexibility index (Phi) is 4.03. The third-order valence-corrected chi connectivity index (χ3v) is 2.77. The van der Waals surface area contributed by atoms with Gasteiger partial charge in [-0.15, -0.1) is 0 Å². The van der Waals surface area contributed by atoms with E-state index in [1.807, 2.05) is 0 Å². The maximum absolute atomic E-state index is 11.5. The van der Waals surface area contributed by atoms with Crippen LogP contribution < -0.4 is 11.1 Å². The van der Waals surface area contributed by atoms with Crippen LogP contribution in [0, 0.1) is 0 Å². The Morgan fingerprint density at radius 3 is 2.95 bits per heavy atom. The molecule has 1 saturated carbocycles. The first-order valence-electron chi connectivity index (χ1n) is 6.39. The number of nitrogens with zero attached hydrogens (tertiary/aromatic N) is 2. The van der Waals surface area contributed by atoms with Crippen LogP contribution >= 0.6 is 0 Å². The molecule has 1 aromatic rings. The van der Waals surface area contributed by atoms with Gasteiger partial charge < -0.3 is 15.8 Å². The molecule has 0 aromatic carbocycles. The normalized spacial score (nSPS) is 14.2. The zero-order valence-corrected chi connectivity index (χ0v) is 10.9. The number of ether oxygens (including phenoxy) is 1. The largest absolute Gasteiger partial charge is 0.461 e. The predicted molar refractivity (Wildman–Crippen MR) is 68.4 cm³/mol. The van der Waals surface area contributed by atoms with Crippen molar-refractivity contribution in [3.8, 4) is 0 Å². The van der Waals surface area contributed by atoms with Gasteiger partial charge in [-0.05, 0) is 19.8 Å². The second-order valence-electron chi connectivity index (χ2n) is 4.51. The minimum absolute atomic E-state index is 0.00532. The van der Waals surface area contributed by atoms with Gasteiger partial charge in [0, 0.05) is 25.2 Å². The number of hydrogen-bond donors (Lipinski definition) is 2. The molecule has 7 nitrogen and oxygen atoms in total. The van der Waals surface area contributed by atoms with E-state index in [0.29, 0.717) is 19.0 Å². The van der Waals surface area contributed by atoms with Gasteiger partial charge in [0.15, 0.2) is 5.69 Å². The first kappa shape index (κ1) is 13.4. The fourth-order valence-corrected chi connectivity index (χ4v) is 1.65. The van der Waals surface area contributed by atoms with Gasteiger partial charge in [-0.1, -0.05) is 0 Å². The summed E-state index contributed by atoms with van der Waals surface area (Å²) in [6.45, 7) is 2.38. The van der Waals surface area contributed by atoms with Gasteiger partial charge in [0.2, 0.25) is 5.91 Å². The number of nitrogens with one attached hydrogen (secondary N) is 1. The van der Waals surface area contributed by atoms with Crippen molar-refractivity contribution in [3.05, 3.63) is 11.9 Å². The van der Waals surface area contributed by atoms with Crippen LogP contribution in [-0.2, 0) is 16.1 Å². The molecule has 3 N–H and O–H groups in total. The monoisotopic (exact) mass is 266 g/mol. The topological polar surface area (TPSA) is 99.2 Å². The van der Waals surface area contributed by atoms with Crippen molar-refractivity contribution >= 4 is 17.6 Å². The summed E-state index contributed by atoms with van der Waals surface area (Å²) in [7, 11) is 0. The van der Waals surface area contributed by atoms with Crippen LogP contribution in [0.5, 0.6) is 0 Å². The van der Waals surface area contributed by atoms with E-state index < -0.39 is 5.97 Å². The van der Waals surface area contributed by atoms with Crippen molar-refractivity contribution < 1.29 is 14.3 Å². The molecule has 19 heavy (non-hydrogen) atoms. The maximum Gasteiger partial charge on any atom is 0.361 e. The molecule has 1 fully saturated rings. The molecule has 1 aromatic heterocycles. The summed E-state index contributed by atoms with van der Waals surface area (Å²) < 4.78 is 6.33. The molecule has 1 aliphatic rings. The number of anilines is 1. The molecule has 2 rings (SSSR count). The molecule has 104 valence electrons. The van der Waals surface area contributed by atoms with Crippen molar-refractivity contribution in [2.45, 2.75) is 38.8 Å². The van der Waals surface area contributed by atoms with E-state index in [1.165, 1.54) is 10.9 Å². The second-order valence-corrected chi connectivity index (χ2v) is 4.51. The smallest absolute Gasteiger partial charge is 0.361 e. The lowest BCUT2D eigenvalue weighted by molar-refractivity contribution is -0.121. The molecule has 0 atom stereocenters. The van der Waals surface area contributed by atoms with Crippen molar-refractivity contribution in [2.24, 2.45) is 0 Å². The first-order chi connectivity index (χ1) is 9.10. The van der Waals surface area contributed by atoms with Crippen molar-refractivity contribution in [1.82, 2.24) is 15.1 Å². The van der Waals surface area contributed by atoms with E-state index in [-0.39, 0.29) is 23.9 Å². The van der Waals surface area contributed by atoms with Gasteiger partial charge >= 0.3 is 5.97 Å². The second kappa shape index (κ2) is 5.73. The molecule has 1 amide bonds. The van der Waals surface area contributed by atoms with Gasteiger partial charge in [0.05, 0.1) is 12.3 Å². The average molecular weight is 266 g/mol. The lowest BCUT2D eigenvalue weighted by Crippen LogP contribution is -2.26. The molecule has 0 radical (unpaired) electrons. The maximum atomic E-state index is 11.5. The molecule has 0 aliphatic heterocycles. The molecule has 0 spiro atoms. The molecular formula is C12H18N4O3. The zero-order chi connectivity index (χ0) is 13.8. The predicted octanol–water partition coefficient (Wildman–Crippen LogP) is 0.311. The number of hydrogen-bond acceptors (Lipinski definition) is 5. The van der Waals surface area contributed by atoms with E-state index >= 15 is 0 Å². The molecule has 0 saturated heterocycles. The van der Waals surface area contributed by atoms with Crippen LogP contribution in [0.25, 0.3) is 0 Å². The number of nitrogen functional groups attached to an aromatic ring is 1. The number of rotatable bonds is 6. The lowest BCUT2D eigenvalue weighted by Gasteiger charge is -2.03. The van der Waals surface area contributed by atoms with Gasteiger partial charge in [-0.3, -0.25) is 9.48 Å². The number of nitrogens with two attached hydrogens (primary N) is 1. The Hall–Kier alpha value is -2.05. The molecule has 1 heterocycles. The number of carbonyl (C=O) groups is 2. The highest BCUT2D eigenvalue weighted by Gasteiger charge is 2.23. The van der Waals surface area contributed by atoms with E-state index in [0.717, 1.165) is 12.8 Å². The SMILES string of the molecule is CCOC(=O)c1nn(CCC(=O)NC2CC2)cc1N. The molecule has 0 unspecified atom stereocenters. The van der Waals surface area contributed by atoms with Gasteiger partial charge in [-0.25, -0.2) is 4.79 Å². The zero-order valence-electron chi connectivity index (χ0n) is 10.9. The Morgan fingerprint density at radius 1 is 1.58 bits per heavy atom.